The number of hydrogen-bond acceptors (Lipinski definition) is 5. The second kappa shape index (κ2) is 9.67. The molecule has 2 bridgehead atoms. The van der Waals surface area contributed by atoms with Crippen molar-refractivity contribution in [3.05, 3.63) is 59.2 Å². The molecule has 7 nitrogen and oxygen atoms in total. The van der Waals surface area contributed by atoms with E-state index in [0.29, 0.717) is 24.2 Å². The number of alkyl halides is 3. The molecule has 2 aliphatic heterocycles. The van der Waals surface area contributed by atoms with Crippen LogP contribution >= 0.6 is 11.6 Å². The Bertz CT molecular complexity index is 1290. The van der Waals surface area contributed by atoms with Crippen molar-refractivity contribution in [1.29, 1.82) is 0 Å². The number of pyridine rings is 1. The molecule has 190 valence electrons. The molecule has 3 heterocycles. The number of urea groups is 1. The predicted molar refractivity (Wildman–Crippen MR) is 132 cm³/mol. The predicted octanol–water partition coefficient (Wildman–Crippen LogP) is 5.26. The zero-order chi connectivity index (χ0) is 25.4. The maximum absolute atomic E-state index is 13.6. The highest BCUT2D eigenvalue weighted by atomic mass is 35.5. The standard InChI is InChI=1S/C25H25ClF3N5O2/c26-23-12-22(20-4-1-2-5-21(20)32-23)31-16-8-15(25(27,28)29)9-19(10-16)36-7-3-6-33-13-18-11-17(33)14-34(18)24(30)35/h1-2,4-5,8-10,12,17-18H,3,6-7,11,13-14H2,(H2,30,35)(H,31,32). The highest BCUT2D eigenvalue weighted by Crippen LogP contribution is 2.36. The number of benzene rings is 2. The van der Waals surface area contributed by atoms with Crippen LogP contribution in [0.15, 0.2) is 48.5 Å². The topological polar surface area (TPSA) is 83.7 Å². The molecule has 3 aromatic rings. The summed E-state index contributed by atoms with van der Waals surface area (Å²) in [5, 5.41) is 4.02. The van der Waals surface area contributed by atoms with Gasteiger partial charge in [0.2, 0.25) is 0 Å². The minimum absolute atomic E-state index is 0.125. The van der Waals surface area contributed by atoms with Gasteiger partial charge < -0.3 is 20.7 Å². The number of primary amides is 1. The number of carbonyl (C=O) groups is 1. The van der Waals surface area contributed by atoms with Crippen molar-refractivity contribution in [3.8, 4) is 5.75 Å². The quantitative estimate of drug-likeness (QED) is 0.329. The number of aromatic nitrogens is 1. The Labute approximate surface area is 211 Å². The van der Waals surface area contributed by atoms with Gasteiger partial charge in [0.05, 0.1) is 23.4 Å². The number of rotatable bonds is 7. The first-order valence-electron chi connectivity index (χ1n) is 11.6. The van der Waals surface area contributed by atoms with Crippen molar-refractivity contribution in [2.75, 3.05) is 31.6 Å². The first kappa shape index (κ1) is 24.5. The molecule has 2 unspecified atom stereocenters. The number of nitrogens with one attached hydrogen (secondary N) is 1. The van der Waals surface area contributed by atoms with Crippen molar-refractivity contribution in [1.82, 2.24) is 14.8 Å². The van der Waals surface area contributed by atoms with Crippen molar-refractivity contribution < 1.29 is 22.7 Å². The van der Waals surface area contributed by atoms with Gasteiger partial charge in [-0.25, -0.2) is 9.78 Å². The molecule has 2 aliphatic rings. The van der Waals surface area contributed by atoms with Gasteiger partial charge >= 0.3 is 12.2 Å². The van der Waals surface area contributed by atoms with Crippen LogP contribution < -0.4 is 15.8 Å². The van der Waals surface area contributed by atoms with Gasteiger partial charge in [0, 0.05) is 48.9 Å². The van der Waals surface area contributed by atoms with E-state index in [1.165, 1.54) is 0 Å². The fraction of sp³-hybridized carbons (Fsp3) is 0.360. The summed E-state index contributed by atoms with van der Waals surface area (Å²) in [7, 11) is 0. The maximum Gasteiger partial charge on any atom is 0.416 e. The molecular formula is C25H25ClF3N5O2. The van der Waals surface area contributed by atoms with Crippen LogP contribution in [0.2, 0.25) is 5.15 Å². The third kappa shape index (κ3) is 5.15. The Morgan fingerprint density at radius 2 is 1.97 bits per heavy atom. The molecule has 2 aromatic carbocycles. The smallest absolute Gasteiger partial charge is 0.416 e. The van der Waals surface area contributed by atoms with Gasteiger partial charge in [0.25, 0.3) is 0 Å². The molecule has 2 saturated heterocycles. The Morgan fingerprint density at radius 1 is 1.17 bits per heavy atom. The number of nitrogens with zero attached hydrogens (tertiary/aromatic N) is 3. The van der Waals surface area contributed by atoms with E-state index in [0.717, 1.165) is 37.0 Å². The second-order valence-corrected chi connectivity index (χ2v) is 9.50. The van der Waals surface area contributed by atoms with Gasteiger partial charge in [-0.05, 0) is 37.1 Å². The molecule has 0 aliphatic carbocycles. The first-order valence-corrected chi connectivity index (χ1v) is 12.0. The Morgan fingerprint density at radius 3 is 2.69 bits per heavy atom. The SMILES string of the molecule is NC(=O)N1CC2CC1CN2CCCOc1cc(Nc2cc(Cl)nc3ccccc23)cc(C(F)(F)F)c1. The lowest BCUT2D eigenvalue weighted by Crippen LogP contribution is -2.50. The lowest BCUT2D eigenvalue weighted by atomic mass is 10.1. The third-order valence-electron chi connectivity index (χ3n) is 6.69. The van der Waals surface area contributed by atoms with E-state index in [1.54, 1.807) is 23.1 Å². The van der Waals surface area contributed by atoms with Gasteiger partial charge in [-0.15, -0.1) is 0 Å². The third-order valence-corrected chi connectivity index (χ3v) is 6.89. The number of fused-ring (bicyclic) bond motifs is 3. The summed E-state index contributed by atoms with van der Waals surface area (Å²) in [5.41, 5.74) is 6.01. The van der Waals surface area contributed by atoms with Gasteiger partial charge in [-0.1, -0.05) is 29.8 Å². The summed E-state index contributed by atoms with van der Waals surface area (Å²) in [5.74, 6) is 0.125. The van der Waals surface area contributed by atoms with E-state index in [2.05, 4.69) is 15.2 Å². The molecule has 2 fully saturated rings. The maximum atomic E-state index is 13.6. The molecule has 0 spiro atoms. The molecule has 0 saturated carbocycles. The lowest BCUT2D eigenvalue weighted by molar-refractivity contribution is -0.137. The molecule has 2 atom stereocenters. The summed E-state index contributed by atoms with van der Waals surface area (Å²) in [4.78, 5) is 19.7. The van der Waals surface area contributed by atoms with E-state index in [1.807, 2.05) is 18.2 Å². The van der Waals surface area contributed by atoms with Crippen LogP contribution in [0.3, 0.4) is 0 Å². The Kier molecular flexibility index (Phi) is 6.57. The highest BCUT2D eigenvalue weighted by Gasteiger charge is 2.44. The Hall–Kier alpha value is -3.24. The van der Waals surface area contributed by atoms with Crippen LogP contribution in [-0.4, -0.2) is 59.1 Å². The monoisotopic (exact) mass is 519 g/mol. The number of halogens is 4. The van der Waals surface area contributed by atoms with Crippen LogP contribution in [0.25, 0.3) is 10.9 Å². The van der Waals surface area contributed by atoms with Gasteiger partial charge in [0.15, 0.2) is 0 Å². The summed E-state index contributed by atoms with van der Waals surface area (Å²) < 4.78 is 46.6. The molecule has 36 heavy (non-hydrogen) atoms. The summed E-state index contributed by atoms with van der Waals surface area (Å²) >= 11 is 6.13. The van der Waals surface area contributed by atoms with Crippen molar-refractivity contribution in [3.63, 3.8) is 0 Å². The van der Waals surface area contributed by atoms with Crippen molar-refractivity contribution in [2.45, 2.75) is 31.1 Å². The molecule has 1 aromatic heterocycles. The Balaban J connectivity index is 1.26. The van der Waals surface area contributed by atoms with Crippen LogP contribution in [0.1, 0.15) is 18.4 Å². The normalized spacial score (nSPS) is 19.7. The van der Waals surface area contributed by atoms with Gasteiger partial charge in [0.1, 0.15) is 10.9 Å². The van der Waals surface area contributed by atoms with E-state index in [9.17, 15) is 18.0 Å². The van der Waals surface area contributed by atoms with E-state index >= 15 is 0 Å². The number of para-hydroxylation sites is 1. The number of likely N-dealkylation sites (tertiary alicyclic amines) is 2. The van der Waals surface area contributed by atoms with E-state index in [-0.39, 0.29) is 41.3 Å². The molecular weight excluding hydrogens is 495 g/mol. The van der Waals surface area contributed by atoms with E-state index < -0.39 is 11.7 Å². The van der Waals surface area contributed by atoms with Crippen molar-refractivity contribution in [2.24, 2.45) is 5.73 Å². The molecule has 0 radical (unpaired) electrons. The molecule has 5 rings (SSSR count). The summed E-state index contributed by atoms with van der Waals surface area (Å²) in [6, 6.07) is 12.4. The van der Waals surface area contributed by atoms with E-state index in [4.69, 9.17) is 22.1 Å². The highest BCUT2D eigenvalue weighted by molar-refractivity contribution is 6.30. The minimum Gasteiger partial charge on any atom is -0.493 e. The fourth-order valence-electron chi connectivity index (χ4n) is 5.07. The molecule has 11 heteroatoms. The number of hydrogen-bond donors (Lipinski definition) is 2. The van der Waals surface area contributed by atoms with Crippen LogP contribution in [0.4, 0.5) is 29.3 Å². The number of anilines is 2. The van der Waals surface area contributed by atoms with Crippen LogP contribution in [0.5, 0.6) is 5.75 Å². The average Bonchev–Trinajstić information content (AvgIpc) is 3.42. The second-order valence-electron chi connectivity index (χ2n) is 9.11. The first-order chi connectivity index (χ1) is 17.2. The number of piperazine rings is 1. The zero-order valence-corrected chi connectivity index (χ0v) is 20.0. The van der Waals surface area contributed by atoms with Crippen LogP contribution in [-0.2, 0) is 6.18 Å². The summed E-state index contributed by atoms with van der Waals surface area (Å²) in [6.45, 7) is 2.38. The van der Waals surface area contributed by atoms with Gasteiger partial charge in [-0.2, -0.15) is 13.2 Å². The number of ether oxygens (including phenoxy) is 1. The molecule has 3 N–H and O–H groups in total. The zero-order valence-electron chi connectivity index (χ0n) is 19.3. The summed E-state index contributed by atoms with van der Waals surface area (Å²) in [6.07, 6.45) is -2.99. The van der Waals surface area contributed by atoms with Crippen LogP contribution in [0, 0.1) is 0 Å². The number of carbonyl (C=O) groups excluding carboxylic acids is 1. The fourth-order valence-corrected chi connectivity index (χ4v) is 5.27. The lowest BCUT2D eigenvalue weighted by Gasteiger charge is -2.33. The van der Waals surface area contributed by atoms with Gasteiger partial charge in [-0.3, -0.25) is 4.90 Å². The molecule has 2 amide bonds. The largest absolute Gasteiger partial charge is 0.493 e. The number of nitrogens with two attached hydrogens (primary N) is 1. The minimum atomic E-state index is -4.53. The number of amides is 2. The average molecular weight is 520 g/mol. The van der Waals surface area contributed by atoms with Crippen molar-refractivity contribution >= 4 is 39.9 Å².